The van der Waals surface area contributed by atoms with E-state index in [0.717, 1.165) is 11.1 Å². The lowest BCUT2D eigenvalue weighted by Crippen LogP contribution is -2.40. The summed E-state index contributed by atoms with van der Waals surface area (Å²) in [6, 6.07) is 12.1. The van der Waals surface area contributed by atoms with Gasteiger partial charge >= 0.3 is 0 Å². The van der Waals surface area contributed by atoms with Crippen molar-refractivity contribution in [2.45, 2.75) is 31.8 Å². The average molecular weight is 463 g/mol. The lowest BCUT2D eigenvalue weighted by atomic mass is 10.1. The highest BCUT2D eigenvalue weighted by Crippen LogP contribution is 2.21. The average Bonchev–Trinajstić information content (AvgIpc) is 2.79. The Morgan fingerprint density at radius 3 is 2.47 bits per heavy atom. The fourth-order valence-electron chi connectivity index (χ4n) is 3.31. The highest BCUT2D eigenvalue weighted by atomic mass is 32.2. The standard InChI is InChI=1S/C23H30N2O6S/c1-17-4-9-22(18(2)16-17)31-19(3)23(26)24-10-13-30-20-5-7-21(8-6-20)32(27,28)25-11-14-29-15-12-25/h4-9,16,19H,10-15H2,1-3H3,(H,24,26)/t19-/m0/s1. The molecule has 32 heavy (non-hydrogen) atoms. The maximum atomic E-state index is 12.6. The number of nitrogens with one attached hydrogen (secondary N) is 1. The number of carbonyl (C=O) groups excluding carboxylic acids is 1. The van der Waals surface area contributed by atoms with E-state index in [4.69, 9.17) is 14.2 Å². The first-order valence-corrected chi connectivity index (χ1v) is 12.0. The molecular weight excluding hydrogens is 432 g/mol. The van der Waals surface area contributed by atoms with Gasteiger partial charge in [-0.25, -0.2) is 8.42 Å². The zero-order valence-corrected chi connectivity index (χ0v) is 19.5. The van der Waals surface area contributed by atoms with Crippen molar-refractivity contribution < 1.29 is 27.4 Å². The summed E-state index contributed by atoms with van der Waals surface area (Å²) in [6.07, 6.45) is -0.638. The number of aryl methyl sites for hydroxylation is 2. The van der Waals surface area contributed by atoms with E-state index < -0.39 is 16.1 Å². The molecule has 1 fully saturated rings. The quantitative estimate of drug-likeness (QED) is 0.575. The fourth-order valence-corrected chi connectivity index (χ4v) is 4.71. The zero-order valence-electron chi connectivity index (χ0n) is 18.7. The van der Waals surface area contributed by atoms with Gasteiger partial charge in [0.05, 0.1) is 24.7 Å². The van der Waals surface area contributed by atoms with Crippen LogP contribution in [0.1, 0.15) is 18.1 Å². The van der Waals surface area contributed by atoms with Crippen molar-refractivity contribution in [1.82, 2.24) is 9.62 Å². The first-order chi connectivity index (χ1) is 15.3. The van der Waals surface area contributed by atoms with Gasteiger partial charge < -0.3 is 19.5 Å². The van der Waals surface area contributed by atoms with E-state index in [1.54, 1.807) is 19.1 Å². The number of sulfonamides is 1. The Kier molecular flexibility index (Phi) is 8.11. The molecule has 0 aromatic heterocycles. The van der Waals surface area contributed by atoms with Crippen LogP contribution < -0.4 is 14.8 Å². The Balaban J connectivity index is 1.43. The minimum absolute atomic E-state index is 0.220. The second-order valence-electron chi connectivity index (χ2n) is 7.66. The predicted molar refractivity (Wildman–Crippen MR) is 121 cm³/mol. The third kappa shape index (κ3) is 6.21. The molecule has 9 heteroatoms. The largest absolute Gasteiger partial charge is 0.492 e. The van der Waals surface area contributed by atoms with Crippen LogP contribution in [0.4, 0.5) is 0 Å². The molecule has 1 aliphatic rings. The second-order valence-corrected chi connectivity index (χ2v) is 9.59. The third-order valence-electron chi connectivity index (χ3n) is 5.10. The second kappa shape index (κ2) is 10.8. The Morgan fingerprint density at radius 2 is 1.81 bits per heavy atom. The molecule has 1 atom stereocenters. The summed E-state index contributed by atoms with van der Waals surface area (Å²) in [5.41, 5.74) is 2.11. The van der Waals surface area contributed by atoms with Gasteiger partial charge in [-0.15, -0.1) is 0 Å². The number of amides is 1. The van der Waals surface area contributed by atoms with Gasteiger partial charge in [-0.1, -0.05) is 17.7 Å². The SMILES string of the molecule is Cc1ccc(O[C@@H](C)C(=O)NCCOc2ccc(S(=O)(=O)N3CCOCC3)cc2)c(C)c1. The molecule has 174 valence electrons. The molecule has 0 spiro atoms. The summed E-state index contributed by atoms with van der Waals surface area (Å²) in [5.74, 6) is 0.974. The predicted octanol–water partition coefficient (Wildman–Crippen LogP) is 2.29. The molecule has 2 aromatic carbocycles. The van der Waals surface area contributed by atoms with Crippen LogP contribution in [0.5, 0.6) is 11.5 Å². The van der Waals surface area contributed by atoms with E-state index in [9.17, 15) is 13.2 Å². The molecule has 2 aromatic rings. The van der Waals surface area contributed by atoms with Crippen LogP contribution >= 0.6 is 0 Å². The molecule has 1 aliphatic heterocycles. The maximum absolute atomic E-state index is 12.6. The number of hydrogen-bond donors (Lipinski definition) is 1. The van der Waals surface area contributed by atoms with Crippen molar-refractivity contribution in [3.05, 3.63) is 53.6 Å². The van der Waals surface area contributed by atoms with Crippen LogP contribution in [0.2, 0.25) is 0 Å². The summed E-state index contributed by atoms with van der Waals surface area (Å²) in [4.78, 5) is 12.5. The molecular formula is C23H30N2O6S. The third-order valence-corrected chi connectivity index (χ3v) is 7.02. The van der Waals surface area contributed by atoms with E-state index in [1.165, 1.54) is 16.4 Å². The van der Waals surface area contributed by atoms with Gasteiger partial charge in [-0.3, -0.25) is 4.79 Å². The number of morpholine rings is 1. The fraction of sp³-hybridized carbons (Fsp3) is 0.435. The molecule has 1 N–H and O–H groups in total. The zero-order chi connectivity index (χ0) is 23.1. The van der Waals surface area contributed by atoms with Gasteiger partial charge in [0.25, 0.3) is 5.91 Å². The van der Waals surface area contributed by atoms with Gasteiger partial charge in [0.15, 0.2) is 6.10 Å². The molecule has 1 amide bonds. The highest BCUT2D eigenvalue weighted by Gasteiger charge is 2.26. The van der Waals surface area contributed by atoms with Crippen molar-refractivity contribution >= 4 is 15.9 Å². The topological polar surface area (TPSA) is 94.2 Å². The summed E-state index contributed by atoms with van der Waals surface area (Å²) in [5, 5.41) is 2.78. The molecule has 1 saturated heterocycles. The van der Waals surface area contributed by atoms with Crippen LogP contribution in [0.3, 0.4) is 0 Å². The Bertz CT molecular complexity index is 1020. The Hall–Kier alpha value is -2.62. The number of hydrogen-bond acceptors (Lipinski definition) is 6. The van der Waals surface area contributed by atoms with Gasteiger partial charge in [0.1, 0.15) is 18.1 Å². The first kappa shape index (κ1) is 24.0. The highest BCUT2D eigenvalue weighted by molar-refractivity contribution is 7.89. The van der Waals surface area contributed by atoms with Gasteiger partial charge in [-0.05, 0) is 56.7 Å². The molecule has 0 unspecified atom stereocenters. The lowest BCUT2D eigenvalue weighted by Gasteiger charge is -2.26. The normalized spacial score (nSPS) is 15.7. The van der Waals surface area contributed by atoms with Crippen LogP contribution in [0, 0.1) is 13.8 Å². The summed E-state index contributed by atoms with van der Waals surface area (Å²) in [6.45, 7) is 7.70. The monoisotopic (exact) mass is 462 g/mol. The van der Waals surface area contributed by atoms with Gasteiger partial charge in [0.2, 0.25) is 10.0 Å². The maximum Gasteiger partial charge on any atom is 0.260 e. The molecule has 0 saturated carbocycles. The minimum atomic E-state index is -3.53. The molecule has 0 bridgehead atoms. The lowest BCUT2D eigenvalue weighted by molar-refractivity contribution is -0.127. The van der Waals surface area contributed by atoms with Crippen molar-refractivity contribution in [3.8, 4) is 11.5 Å². The van der Waals surface area contributed by atoms with Crippen LogP contribution in [-0.4, -0.2) is 64.2 Å². The summed E-state index contributed by atoms with van der Waals surface area (Å²) in [7, 11) is -3.53. The van der Waals surface area contributed by atoms with Crippen molar-refractivity contribution in [3.63, 3.8) is 0 Å². The minimum Gasteiger partial charge on any atom is -0.492 e. The van der Waals surface area contributed by atoms with Crippen molar-refractivity contribution in [1.29, 1.82) is 0 Å². The van der Waals surface area contributed by atoms with E-state index in [2.05, 4.69) is 5.32 Å². The number of rotatable bonds is 9. The summed E-state index contributed by atoms with van der Waals surface area (Å²) < 4.78 is 43.3. The van der Waals surface area contributed by atoms with Gasteiger partial charge in [0, 0.05) is 13.1 Å². The number of carbonyl (C=O) groups is 1. The first-order valence-electron chi connectivity index (χ1n) is 10.6. The van der Waals surface area contributed by atoms with E-state index in [-0.39, 0.29) is 17.4 Å². The number of nitrogens with zero attached hydrogens (tertiary/aromatic N) is 1. The van der Waals surface area contributed by atoms with Crippen LogP contribution in [0.25, 0.3) is 0 Å². The number of benzene rings is 2. The Labute approximate surface area is 189 Å². The van der Waals surface area contributed by atoms with Crippen molar-refractivity contribution in [2.75, 3.05) is 39.5 Å². The van der Waals surface area contributed by atoms with Gasteiger partial charge in [-0.2, -0.15) is 4.31 Å². The van der Waals surface area contributed by atoms with E-state index in [0.29, 0.717) is 44.3 Å². The molecule has 3 rings (SSSR count). The number of ether oxygens (including phenoxy) is 3. The van der Waals surface area contributed by atoms with Crippen LogP contribution in [0.15, 0.2) is 47.4 Å². The Morgan fingerprint density at radius 1 is 1.12 bits per heavy atom. The smallest absolute Gasteiger partial charge is 0.260 e. The van der Waals surface area contributed by atoms with E-state index in [1.807, 2.05) is 32.0 Å². The molecule has 8 nitrogen and oxygen atoms in total. The molecule has 1 heterocycles. The molecule has 0 aliphatic carbocycles. The molecule has 0 radical (unpaired) electrons. The summed E-state index contributed by atoms with van der Waals surface area (Å²) >= 11 is 0. The van der Waals surface area contributed by atoms with Crippen LogP contribution in [-0.2, 0) is 19.6 Å². The van der Waals surface area contributed by atoms with E-state index >= 15 is 0 Å². The van der Waals surface area contributed by atoms with Crippen molar-refractivity contribution in [2.24, 2.45) is 0 Å².